The van der Waals surface area contributed by atoms with E-state index in [0.717, 1.165) is 7.05 Å². The number of ether oxygens (including phenoxy) is 2. The van der Waals surface area contributed by atoms with Crippen molar-refractivity contribution in [3.05, 3.63) is 59.1 Å². The number of amides is 2. The second-order valence-corrected chi connectivity index (χ2v) is 6.68. The predicted octanol–water partition coefficient (Wildman–Crippen LogP) is 2.21. The molecule has 2 amide bonds. The number of hydrogen-bond acceptors (Lipinski definition) is 4. The van der Waals surface area contributed by atoms with Crippen LogP contribution in [0.3, 0.4) is 0 Å². The Hall–Kier alpha value is -3.48. The molecule has 1 N–H and O–H groups in total. The lowest BCUT2D eigenvalue weighted by atomic mass is 9.86. The van der Waals surface area contributed by atoms with Crippen LogP contribution in [-0.2, 0) is 16.0 Å². The fraction of sp³-hybridized carbons (Fsp3) is 0.273. The first kappa shape index (κ1) is 8.49. The third kappa shape index (κ3) is 2.24. The first-order valence-corrected chi connectivity index (χ1v) is 8.63. The number of piperazine rings is 1. The van der Waals surface area contributed by atoms with E-state index in [1.165, 1.54) is 0 Å². The molecule has 3 aliphatic rings. The summed E-state index contributed by atoms with van der Waals surface area (Å²) in [5.74, 6) is -3.59. The number of carbonyl (C=O) groups is 2. The average molecular weight is 401 g/mol. The maximum absolute atomic E-state index is 13.7. The molecule has 29 heavy (non-hydrogen) atoms. The molecule has 3 aliphatic heterocycles. The van der Waals surface area contributed by atoms with Gasteiger partial charge in [0.15, 0.2) is 11.5 Å². The molecule has 6 rings (SSSR count). The van der Waals surface area contributed by atoms with Crippen LogP contribution in [-0.4, -0.2) is 52.9 Å². The largest absolute Gasteiger partial charge is 0.454 e. The number of likely N-dealkylation sites (N-methyl/N-ethyl adjacent to an activating group) is 1. The van der Waals surface area contributed by atoms with Crippen LogP contribution in [0.2, 0.25) is 0 Å². The molecule has 1 aromatic heterocycles. The summed E-state index contributed by atoms with van der Waals surface area (Å²) in [6.07, 6.45) is -0.398. The molecule has 7 nitrogen and oxygen atoms in total. The Kier molecular flexibility index (Phi) is 1.69. The minimum atomic E-state index is -2.98. The van der Waals surface area contributed by atoms with E-state index in [1.807, 2.05) is 0 Å². The van der Waals surface area contributed by atoms with Crippen molar-refractivity contribution in [2.75, 3.05) is 20.3 Å². The molecule has 2 atom stereocenters. The van der Waals surface area contributed by atoms with E-state index < -0.39 is 103 Å². The zero-order valence-electron chi connectivity index (χ0n) is 26.8. The van der Waals surface area contributed by atoms with Crippen molar-refractivity contribution >= 4 is 22.7 Å². The van der Waals surface area contributed by atoms with Gasteiger partial charge in [-0.3, -0.25) is 9.59 Å². The van der Waals surface area contributed by atoms with Crippen molar-refractivity contribution in [3.63, 3.8) is 0 Å². The number of aromatic nitrogens is 1. The Bertz CT molecular complexity index is 1760. The number of para-hydroxylation sites is 1. The number of rotatable bonds is 1. The summed E-state index contributed by atoms with van der Waals surface area (Å²) in [5, 5.41) is -0.0972. The van der Waals surface area contributed by atoms with Gasteiger partial charge in [0.25, 0.3) is 0 Å². The molecule has 7 heteroatoms. The van der Waals surface area contributed by atoms with E-state index in [1.54, 1.807) is 0 Å². The second kappa shape index (κ2) is 5.76. The van der Waals surface area contributed by atoms with Gasteiger partial charge >= 0.3 is 0 Å². The zero-order valence-corrected chi connectivity index (χ0v) is 14.8. The van der Waals surface area contributed by atoms with E-state index in [4.69, 9.17) is 24.6 Å². The third-order valence-corrected chi connectivity index (χ3v) is 5.10. The van der Waals surface area contributed by atoms with E-state index >= 15 is 0 Å². The highest BCUT2D eigenvalue weighted by atomic mass is 16.7. The van der Waals surface area contributed by atoms with Gasteiger partial charge in [-0.15, -0.1) is 0 Å². The van der Waals surface area contributed by atoms with E-state index in [2.05, 4.69) is 4.98 Å². The lowest BCUT2D eigenvalue weighted by Crippen LogP contribution is -2.62. The number of benzene rings is 2. The minimum absolute atomic E-state index is 0.00131. The van der Waals surface area contributed by atoms with Gasteiger partial charge < -0.3 is 24.3 Å². The molecule has 1 saturated heterocycles. The maximum Gasteiger partial charge on any atom is 0.245 e. The molecule has 0 radical (unpaired) electrons. The van der Waals surface area contributed by atoms with Gasteiger partial charge in [-0.05, 0) is 29.3 Å². The summed E-state index contributed by atoms with van der Waals surface area (Å²) in [6.45, 7) is -5.81. The summed E-state index contributed by atoms with van der Waals surface area (Å²) in [6, 6.07) is -9.26. The van der Waals surface area contributed by atoms with Gasteiger partial charge in [0, 0.05) is 30.1 Å². The predicted molar refractivity (Wildman–Crippen MR) is 105 cm³/mol. The highest BCUT2D eigenvalue weighted by molar-refractivity contribution is 5.97. The van der Waals surface area contributed by atoms with Gasteiger partial charge in [-0.2, -0.15) is 0 Å². The van der Waals surface area contributed by atoms with Crippen LogP contribution in [0.15, 0.2) is 42.3 Å². The Labute approximate surface area is 183 Å². The fourth-order valence-electron chi connectivity index (χ4n) is 3.83. The summed E-state index contributed by atoms with van der Waals surface area (Å²) in [7, 11) is 1.05. The molecule has 0 saturated carbocycles. The van der Waals surface area contributed by atoms with E-state index in [-0.39, 0.29) is 22.2 Å². The minimum Gasteiger partial charge on any atom is -0.454 e. The first-order chi connectivity index (χ1) is 18.9. The molecule has 0 bridgehead atoms. The summed E-state index contributed by atoms with van der Waals surface area (Å²) < 4.78 is 111. The number of fused-ring (bicyclic) bond motifs is 5. The topological polar surface area (TPSA) is 74.9 Å². The third-order valence-electron chi connectivity index (χ3n) is 5.10. The van der Waals surface area contributed by atoms with Crippen LogP contribution in [0.1, 0.15) is 39.3 Å². The lowest BCUT2D eigenvalue weighted by molar-refractivity contribution is -0.157. The van der Waals surface area contributed by atoms with Gasteiger partial charge in [0.05, 0.1) is 26.2 Å². The molecule has 146 valence electrons. The monoisotopic (exact) mass is 401 g/mol. The molecule has 2 aromatic carbocycles. The van der Waals surface area contributed by atoms with Gasteiger partial charge in [0.2, 0.25) is 18.6 Å². The second-order valence-electron chi connectivity index (χ2n) is 6.68. The highest BCUT2D eigenvalue weighted by Gasteiger charge is 2.47. The lowest BCUT2D eigenvalue weighted by Gasteiger charge is -2.46. The molecular weight excluding hydrogens is 370 g/mol. The number of nitrogens with zero attached hydrogens (tertiary/aromatic N) is 2. The SMILES string of the molecule is [2H]c1c([2H])c([C@]2([2H])c3[nH]c4c([2H])c([2H])c([2H])c([2H])c4c3C[C@@H]3C(=O)N(C)C([2H])([2H])C(=O)N32)c([2H])c2c1OC([2H])([2H])O2. The number of nitrogens with one attached hydrogen (secondary N) is 1. The Morgan fingerprint density at radius 1 is 1.21 bits per heavy atom. The standard InChI is InChI=1S/C22H19N3O4/c1-24-10-19(26)25-16(22(24)27)9-14-13-4-2-3-5-15(13)23-20(14)21(25)12-6-7-17-18(8-12)29-11-28-17/h2-8,16,21,23H,9-11H2,1H3/t16-,21-/m1/s1/i2D,3D,4D,5D,6D,7D,8D,10D2,11D2,21D. The average Bonchev–Trinajstić information content (AvgIpc) is 3.45. The van der Waals surface area contributed by atoms with Gasteiger partial charge in [-0.1, -0.05) is 24.2 Å². The molecule has 0 aliphatic carbocycles. The van der Waals surface area contributed by atoms with Crippen LogP contribution < -0.4 is 9.47 Å². The first-order valence-electron chi connectivity index (χ1n) is 14.6. The van der Waals surface area contributed by atoms with Crippen molar-refractivity contribution < 1.29 is 35.5 Å². The molecule has 1 fully saturated rings. The van der Waals surface area contributed by atoms with Crippen molar-refractivity contribution in [1.29, 1.82) is 0 Å². The molecule has 4 heterocycles. The van der Waals surface area contributed by atoms with Crippen LogP contribution in [0.25, 0.3) is 10.9 Å². The zero-order chi connectivity index (χ0) is 30.3. The van der Waals surface area contributed by atoms with Crippen molar-refractivity contribution in [1.82, 2.24) is 14.8 Å². The van der Waals surface area contributed by atoms with Crippen LogP contribution >= 0.6 is 0 Å². The summed E-state index contributed by atoms with van der Waals surface area (Å²) in [5.41, 5.74) is -1.29. The fourth-order valence-corrected chi connectivity index (χ4v) is 3.83. The van der Waals surface area contributed by atoms with Crippen molar-refractivity contribution in [2.45, 2.75) is 18.5 Å². The number of H-pyrrole nitrogens is 1. The Morgan fingerprint density at radius 3 is 2.93 bits per heavy atom. The highest BCUT2D eigenvalue weighted by Crippen LogP contribution is 2.44. The van der Waals surface area contributed by atoms with Crippen molar-refractivity contribution in [3.8, 4) is 11.5 Å². The van der Waals surface area contributed by atoms with Crippen LogP contribution in [0, 0.1) is 0 Å². The number of carbonyl (C=O) groups excluding carboxylic acids is 2. The number of aromatic amines is 1. The van der Waals surface area contributed by atoms with Crippen LogP contribution in [0.4, 0.5) is 0 Å². The summed E-state index contributed by atoms with van der Waals surface area (Å²) in [4.78, 5) is 31.1. The maximum atomic E-state index is 13.7. The van der Waals surface area contributed by atoms with Crippen molar-refractivity contribution in [2.24, 2.45) is 0 Å². The molecule has 0 spiro atoms. The molecule has 3 aromatic rings. The van der Waals surface area contributed by atoms with Crippen LogP contribution in [0.5, 0.6) is 11.5 Å². The molecule has 0 unspecified atom stereocenters. The number of hydrogen-bond donors (Lipinski definition) is 1. The van der Waals surface area contributed by atoms with E-state index in [9.17, 15) is 11.0 Å². The Balaban J connectivity index is 1.78. The molecular formula is C22H19N3O4. The smallest absolute Gasteiger partial charge is 0.245 e. The van der Waals surface area contributed by atoms with Gasteiger partial charge in [0.1, 0.15) is 8.78 Å². The summed E-state index contributed by atoms with van der Waals surface area (Å²) >= 11 is 0. The van der Waals surface area contributed by atoms with Gasteiger partial charge in [-0.25, -0.2) is 0 Å². The van der Waals surface area contributed by atoms with E-state index in [0.29, 0.717) is 9.80 Å². The normalized spacial score (nSPS) is 34.7. The Morgan fingerprint density at radius 2 is 2.03 bits per heavy atom. The quantitative estimate of drug-likeness (QED) is 0.678.